The molecule has 0 radical (unpaired) electrons. The van der Waals surface area contributed by atoms with Gasteiger partial charge in [0.1, 0.15) is 29.7 Å². The molecule has 3 aromatic rings. The van der Waals surface area contributed by atoms with Gasteiger partial charge in [-0.3, -0.25) is 9.59 Å². The Bertz CT molecular complexity index is 1330. The highest BCUT2D eigenvalue weighted by Crippen LogP contribution is 2.39. The minimum absolute atomic E-state index is 0.119. The van der Waals surface area contributed by atoms with E-state index in [9.17, 15) is 18.4 Å². The van der Waals surface area contributed by atoms with Gasteiger partial charge < -0.3 is 14.4 Å². The Morgan fingerprint density at radius 3 is 2.50 bits per heavy atom. The van der Waals surface area contributed by atoms with Crippen molar-refractivity contribution in [2.24, 2.45) is 5.10 Å². The van der Waals surface area contributed by atoms with Crippen molar-refractivity contribution in [3.8, 4) is 11.5 Å². The molecule has 0 spiro atoms. The standard InChI is InChI=1S/C27H25F2N3O4/c1-31(27(34)17-7-6-8-18(28)13-17)16-26(33)32-24(21-14-19(35-2)11-12-25(21)36-3)15-23(30-32)20-9-4-5-10-22(20)29/h4-14,24H,15-16H2,1-3H3/t24-/m0/s1. The summed E-state index contributed by atoms with van der Waals surface area (Å²) < 4.78 is 39.1. The Kier molecular flexibility index (Phi) is 7.28. The Morgan fingerprint density at radius 2 is 1.81 bits per heavy atom. The van der Waals surface area contributed by atoms with E-state index >= 15 is 0 Å². The maximum absolute atomic E-state index is 14.6. The number of rotatable bonds is 7. The number of hydrogen-bond acceptors (Lipinski definition) is 5. The molecule has 3 aromatic carbocycles. The van der Waals surface area contributed by atoms with Crippen LogP contribution >= 0.6 is 0 Å². The second-order valence-electron chi connectivity index (χ2n) is 8.26. The van der Waals surface area contributed by atoms with Gasteiger partial charge in [0.25, 0.3) is 11.8 Å². The van der Waals surface area contributed by atoms with Crippen LogP contribution in [0.1, 0.15) is 33.9 Å². The molecule has 4 rings (SSSR count). The SMILES string of the molecule is COc1ccc(OC)c([C@@H]2CC(c3ccccc3F)=NN2C(=O)CN(C)C(=O)c2cccc(F)c2)c1. The van der Waals surface area contributed by atoms with Gasteiger partial charge in [0.05, 0.1) is 26.0 Å². The fourth-order valence-electron chi connectivity index (χ4n) is 4.13. The number of nitrogens with zero attached hydrogens (tertiary/aromatic N) is 3. The molecule has 0 unspecified atom stereocenters. The lowest BCUT2D eigenvalue weighted by molar-refractivity contribution is -0.133. The molecule has 186 valence electrons. The van der Waals surface area contributed by atoms with Gasteiger partial charge >= 0.3 is 0 Å². The summed E-state index contributed by atoms with van der Waals surface area (Å²) in [7, 11) is 4.48. The third-order valence-electron chi connectivity index (χ3n) is 5.94. The first-order chi connectivity index (χ1) is 17.3. The largest absolute Gasteiger partial charge is 0.497 e. The summed E-state index contributed by atoms with van der Waals surface area (Å²) in [6, 6.07) is 16.0. The molecule has 0 saturated carbocycles. The van der Waals surface area contributed by atoms with E-state index in [1.807, 2.05) is 0 Å². The highest BCUT2D eigenvalue weighted by molar-refractivity contribution is 6.04. The molecule has 9 heteroatoms. The van der Waals surface area contributed by atoms with Crippen LogP contribution in [0.5, 0.6) is 11.5 Å². The first-order valence-corrected chi connectivity index (χ1v) is 11.2. The molecule has 36 heavy (non-hydrogen) atoms. The maximum Gasteiger partial charge on any atom is 0.262 e. The predicted molar refractivity (Wildman–Crippen MR) is 130 cm³/mol. The minimum atomic E-state index is -0.630. The maximum atomic E-state index is 14.6. The van der Waals surface area contributed by atoms with E-state index in [1.54, 1.807) is 36.4 Å². The zero-order valence-corrected chi connectivity index (χ0v) is 20.1. The quantitative estimate of drug-likeness (QED) is 0.488. The van der Waals surface area contributed by atoms with Crippen LogP contribution in [0.3, 0.4) is 0 Å². The van der Waals surface area contributed by atoms with Crippen LogP contribution in [-0.4, -0.2) is 55.2 Å². The molecule has 1 aliphatic rings. The molecule has 1 heterocycles. The van der Waals surface area contributed by atoms with Crippen molar-refractivity contribution in [1.29, 1.82) is 0 Å². The highest BCUT2D eigenvalue weighted by Gasteiger charge is 2.36. The number of ether oxygens (including phenoxy) is 2. The van der Waals surface area contributed by atoms with E-state index in [4.69, 9.17) is 9.47 Å². The number of methoxy groups -OCH3 is 2. The van der Waals surface area contributed by atoms with E-state index in [0.717, 1.165) is 6.07 Å². The van der Waals surface area contributed by atoms with Crippen molar-refractivity contribution in [3.63, 3.8) is 0 Å². The zero-order valence-electron chi connectivity index (χ0n) is 20.1. The Morgan fingerprint density at radius 1 is 1.03 bits per heavy atom. The third-order valence-corrected chi connectivity index (χ3v) is 5.94. The fourth-order valence-corrected chi connectivity index (χ4v) is 4.13. The van der Waals surface area contributed by atoms with Crippen LogP contribution in [0, 0.1) is 11.6 Å². The number of benzene rings is 3. The summed E-state index contributed by atoms with van der Waals surface area (Å²) in [5.74, 6) is -0.965. The lowest BCUT2D eigenvalue weighted by atomic mass is 9.97. The minimum Gasteiger partial charge on any atom is -0.497 e. The summed E-state index contributed by atoms with van der Waals surface area (Å²) in [4.78, 5) is 27.4. The lowest BCUT2D eigenvalue weighted by Gasteiger charge is -2.26. The number of likely N-dealkylation sites (N-methyl/N-ethyl adjacent to an activating group) is 1. The van der Waals surface area contributed by atoms with Crippen molar-refractivity contribution in [1.82, 2.24) is 9.91 Å². The first-order valence-electron chi connectivity index (χ1n) is 11.2. The molecule has 0 bridgehead atoms. The predicted octanol–water partition coefficient (Wildman–Crippen LogP) is 4.43. The topological polar surface area (TPSA) is 71.4 Å². The van der Waals surface area contributed by atoms with E-state index in [-0.39, 0.29) is 24.1 Å². The van der Waals surface area contributed by atoms with Gasteiger partial charge in [0.15, 0.2) is 0 Å². The molecular formula is C27H25F2N3O4. The molecule has 1 aliphatic heterocycles. The highest BCUT2D eigenvalue weighted by atomic mass is 19.1. The van der Waals surface area contributed by atoms with Crippen molar-refractivity contribution in [3.05, 3.63) is 95.1 Å². The molecule has 1 atom stereocenters. The number of amides is 2. The van der Waals surface area contributed by atoms with Gasteiger partial charge in [0, 0.05) is 30.2 Å². The van der Waals surface area contributed by atoms with Gasteiger partial charge in [0.2, 0.25) is 0 Å². The van der Waals surface area contributed by atoms with Crippen LogP contribution in [0.25, 0.3) is 0 Å². The monoisotopic (exact) mass is 493 g/mol. The number of hydrazone groups is 1. The Labute approximate surface area is 207 Å². The average molecular weight is 494 g/mol. The van der Waals surface area contributed by atoms with Crippen molar-refractivity contribution in [2.45, 2.75) is 12.5 Å². The number of halogens is 2. The normalized spacial score (nSPS) is 14.9. The average Bonchev–Trinajstić information content (AvgIpc) is 3.33. The molecular weight excluding hydrogens is 468 g/mol. The van der Waals surface area contributed by atoms with Gasteiger partial charge in [-0.05, 0) is 42.5 Å². The van der Waals surface area contributed by atoms with Crippen LogP contribution in [0.4, 0.5) is 8.78 Å². The van der Waals surface area contributed by atoms with E-state index < -0.39 is 29.5 Å². The van der Waals surface area contributed by atoms with Crippen LogP contribution in [-0.2, 0) is 4.79 Å². The summed E-state index contributed by atoms with van der Waals surface area (Å²) in [5.41, 5.74) is 1.41. The Hall–Kier alpha value is -4.27. The van der Waals surface area contributed by atoms with Crippen LogP contribution in [0.2, 0.25) is 0 Å². The molecule has 0 aromatic heterocycles. The zero-order chi connectivity index (χ0) is 25.8. The van der Waals surface area contributed by atoms with Crippen molar-refractivity contribution in [2.75, 3.05) is 27.8 Å². The lowest BCUT2D eigenvalue weighted by Crippen LogP contribution is -2.39. The second kappa shape index (κ2) is 10.6. The third kappa shape index (κ3) is 5.05. The van der Waals surface area contributed by atoms with Crippen LogP contribution < -0.4 is 9.47 Å². The molecule has 0 fully saturated rings. The molecule has 7 nitrogen and oxygen atoms in total. The van der Waals surface area contributed by atoms with Gasteiger partial charge in [-0.15, -0.1) is 0 Å². The second-order valence-corrected chi connectivity index (χ2v) is 8.26. The molecule has 0 saturated heterocycles. The molecule has 0 aliphatic carbocycles. The molecule has 2 amide bonds. The van der Waals surface area contributed by atoms with E-state index in [0.29, 0.717) is 22.8 Å². The fraction of sp³-hybridized carbons (Fsp3) is 0.222. The number of carbonyl (C=O) groups excluding carboxylic acids is 2. The van der Waals surface area contributed by atoms with Crippen molar-refractivity contribution >= 4 is 17.5 Å². The van der Waals surface area contributed by atoms with E-state index in [1.165, 1.54) is 55.4 Å². The van der Waals surface area contributed by atoms with E-state index in [2.05, 4.69) is 5.10 Å². The Balaban J connectivity index is 1.67. The summed E-state index contributed by atoms with van der Waals surface area (Å²) in [6.45, 7) is -0.327. The van der Waals surface area contributed by atoms with Crippen LogP contribution in [0.15, 0.2) is 71.8 Å². The first kappa shape index (κ1) is 24.8. The summed E-state index contributed by atoms with van der Waals surface area (Å²) in [6.07, 6.45) is 0.220. The smallest absolute Gasteiger partial charge is 0.262 e. The van der Waals surface area contributed by atoms with Gasteiger partial charge in [-0.1, -0.05) is 24.3 Å². The van der Waals surface area contributed by atoms with Gasteiger partial charge in [-0.2, -0.15) is 5.10 Å². The van der Waals surface area contributed by atoms with Crippen molar-refractivity contribution < 1.29 is 27.8 Å². The molecule has 0 N–H and O–H groups in total. The summed E-state index contributed by atoms with van der Waals surface area (Å²) in [5, 5.41) is 5.72. The number of hydrogen-bond donors (Lipinski definition) is 0. The summed E-state index contributed by atoms with van der Waals surface area (Å²) >= 11 is 0. The van der Waals surface area contributed by atoms with Gasteiger partial charge in [-0.25, -0.2) is 13.8 Å². The number of carbonyl (C=O) groups is 2.